The van der Waals surface area contributed by atoms with Crippen LogP contribution in [-0.2, 0) is 6.42 Å². The number of carbonyl (C=O) groups excluding carboxylic acids is 1. The molecule has 0 radical (unpaired) electrons. The molecular weight excluding hydrogens is 228 g/mol. The van der Waals surface area contributed by atoms with Crippen LogP contribution in [0.2, 0.25) is 0 Å². The first-order valence-electron chi connectivity index (χ1n) is 5.84. The lowest BCUT2D eigenvalue weighted by Gasteiger charge is -2.00. The van der Waals surface area contributed by atoms with Crippen molar-refractivity contribution in [3.8, 4) is 0 Å². The number of carbonyl (C=O) groups is 1. The minimum Gasteiger partial charge on any atom is -0.288 e. The van der Waals surface area contributed by atoms with Gasteiger partial charge in [0.2, 0.25) is 5.78 Å². The normalized spacial score (nSPS) is 10.8. The summed E-state index contributed by atoms with van der Waals surface area (Å²) in [6.45, 7) is 4.38. The van der Waals surface area contributed by atoms with Crippen molar-refractivity contribution in [2.24, 2.45) is 5.92 Å². The number of hydrogen-bond donors (Lipinski definition) is 0. The lowest BCUT2D eigenvalue weighted by Crippen LogP contribution is -1.98. The molecule has 0 bridgehead atoms. The molecule has 0 aliphatic heterocycles. The summed E-state index contributed by atoms with van der Waals surface area (Å²) in [5.41, 5.74) is 2.04. The molecule has 0 atom stereocenters. The van der Waals surface area contributed by atoms with Gasteiger partial charge in [-0.15, -0.1) is 11.3 Å². The van der Waals surface area contributed by atoms with Crippen LogP contribution >= 0.6 is 11.3 Å². The fourth-order valence-corrected chi connectivity index (χ4v) is 2.69. The highest BCUT2D eigenvalue weighted by atomic mass is 32.1. The maximum atomic E-state index is 12.2. The molecule has 1 aromatic heterocycles. The second-order valence-corrected chi connectivity index (χ2v) is 5.52. The standard InChI is InChI=1S/C15H16OS/c1-11(2)8-12-9-14(17-10-12)15(16)13-6-4-3-5-7-13/h3-7,9-11H,8H2,1-2H3. The monoisotopic (exact) mass is 244 g/mol. The second kappa shape index (κ2) is 5.28. The van der Waals surface area contributed by atoms with Gasteiger partial charge >= 0.3 is 0 Å². The molecule has 17 heavy (non-hydrogen) atoms. The van der Waals surface area contributed by atoms with Crippen LogP contribution in [0.25, 0.3) is 0 Å². The molecule has 0 amide bonds. The molecule has 0 saturated heterocycles. The average Bonchev–Trinajstić information content (AvgIpc) is 2.77. The molecule has 0 saturated carbocycles. The van der Waals surface area contributed by atoms with Crippen LogP contribution in [-0.4, -0.2) is 5.78 Å². The summed E-state index contributed by atoms with van der Waals surface area (Å²) in [5.74, 6) is 0.759. The summed E-state index contributed by atoms with van der Waals surface area (Å²) in [5, 5.41) is 2.09. The third-order valence-electron chi connectivity index (χ3n) is 2.56. The van der Waals surface area contributed by atoms with Gasteiger partial charge in [0.05, 0.1) is 4.88 Å². The summed E-state index contributed by atoms with van der Waals surface area (Å²) >= 11 is 1.54. The number of rotatable bonds is 4. The minimum absolute atomic E-state index is 0.130. The van der Waals surface area contributed by atoms with Gasteiger partial charge < -0.3 is 0 Å². The summed E-state index contributed by atoms with van der Waals surface area (Å²) in [6, 6.07) is 11.5. The maximum absolute atomic E-state index is 12.2. The van der Waals surface area contributed by atoms with Crippen molar-refractivity contribution in [2.75, 3.05) is 0 Å². The third-order valence-corrected chi connectivity index (χ3v) is 3.54. The van der Waals surface area contributed by atoms with E-state index in [2.05, 4.69) is 19.2 Å². The van der Waals surface area contributed by atoms with Crippen molar-refractivity contribution >= 4 is 17.1 Å². The van der Waals surface area contributed by atoms with Crippen molar-refractivity contribution in [3.05, 3.63) is 57.8 Å². The van der Waals surface area contributed by atoms with E-state index in [1.54, 1.807) is 11.3 Å². The SMILES string of the molecule is CC(C)Cc1csc(C(=O)c2ccccc2)c1. The van der Waals surface area contributed by atoms with E-state index in [-0.39, 0.29) is 5.78 Å². The van der Waals surface area contributed by atoms with Gasteiger partial charge in [-0.2, -0.15) is 0 Å². The zero-order chi connectivity index (χ0) is 12.3. The van der Waals surface area contributed by atoms with Gasteiger partial charge in [-0.3, -0.25) is 4.79 Å². The molecule has 1 nitrogen and oxygen atoms in total. The van der Waals surface area contributed by atoms with Crippen molar-refractivity contribution in [2.45, 2.75) is 20.3 Å². The molecule has 0 N–H and O–H groups in total. The largest absolute Gasteiger partial charge is 0.288 e. The van der Waals surface area contributed by atoms with Gasteiger partial charge in [0.25, 0.3) is 0 Å². The molecule has 88 valence electrons. The Morgan fingerprint density at radius 2 is 1.94 bits per heavy atom. The first-order valence-corrected chi connectivity index (χ1v) is 6.72. The van der Waals surface area contributed by atoms with E-state index in [0.29, 0.717) is 5.92 Å². The highest BCUT2D eigenvalue weighted by molar-refractivity contribution is 7.12. The average molecular weight is 244 g/mol. The predicted molar refractivity (Wildman–Crippen MR) is 72.7 cm³/mol. The number of hydrogen-bond acceptors (Lipinski definition) is 2. The molecule has 0 aliphatic carbocycles. The first-order chi connectivity index (χ1) is 8.16. The first kappa shape index (κ1) is 12.1. The van der Waals surface area contributed by atoms with E-state index in [4.69, 9.17) is 0 Å². The Morgan fingerprint density at radius 3 is 2.59 bits per heavy atom. The van der Waals surface area contributed by atoms with Gasteiger partial charge in [0, 0.05) is 5.56 Å². The summed E-state index contributed by atoms with van der Waals surface area (Å²) < 4.78 is 0. The van der Waals surface area contributed by atoms with E-state index >= 15 is 0 Å². The van der Waals surface area contributed by atoms with Crippen LogP contribution in [0.15, 0.2) is 41.8 Å². The Hall–Kier alpha value is -1.41. The zero-order valence-electron chi connectivity index (χ0n) is 10.1. The van der Waals surface area contributed by atoms with E-state index in [1.807, 2.05) is 36.4 Å². The summed E-state index contributed by atoms with van der Waals surface area (Å²) in [7, 11) is 0. The minimum atomic E-state index is 0.130. The van der Waals surface area contributed by atoms with Crippen molar-refractivity contribution < 1.29 is 4.79 Å². The zero-order valence-corrected chi connectivity index (χ0v) is 11.0. The molecule has 2 heteroatoms. The predicted octanol–water partition coefficient (Wildman–Crippen LogP) is 4.18. The Kier molecular flexibility index (Phi) is 3.75. The van der Waals surface area contributed by atoms with Crippen molar-refractivity contribution in [1.29, 1.82) is 0 Å². The Labute approximate surface area is 106 Å². The van der Waals surface area contributed by atoms with Crippen molar-refractivity contribution in [1.82, 2.24) is 0 Å². The smallest absolute Gasteiger partial charge is 0.202 e. The topological polar surface area (TPSA) is 17.1 Å². The second-order valence-electron chi connectivity index (χ2n) is 4.61. The van der Waals surface area contributed by atoms with Gasteiger partial charge in [0.15, 0.2) is 0 Å². The number of thiophene rings is 1. The van der Waals surface area contributed by atoms with Gasteiger partial charge in [0.1, 0.15) is 0 Å². The molecular formula is C15H16OS. The van der Waals surface area contributed by atoms with Crippen molar-refractivity contribution in [3.63, 3.8) is 0 Å². The fourth-order valence-electron chi connectivity index (χ4n) is 1.80. The van der Waals surface area contributed by atoms with Gasteiger partial charge in [-0.05, 0) is 29.3 Å². The van der Waals surface area contributed by atoms with E-state index in [9.17, 15) is 4.79 Å². The Bertz CT molecular complexity index is 497. The Morgan fingerprint density at radius 1 is 1.24 bits per heavy atom. The van der Waals surface area contributed by atoms with Crippen LogP contribution in [0.4, 0.5) is 0 Å². The third kappa shape index (κ3) is 3.04. The van der Waals surface area contributed by atoms with Crippen LogP contribution in [0.1, 0.15) is 34.6 Å². The highest BCUT2D eigenvalue weighted by Crippen LogP contribution is 2.20. The molecule has 0 fully saturated rings. The van der Waals surface area contributed by atoms with Crippen LogP contribution < -0.4 is 0 Å². The van der Waals surface area contributed by atoms with Crippen LogP contribution in [0.3, 0.4) is 0 Å². The fraction of sp³-hybridized carbons (Fsp3) is 0.267. The quantitative estimate of drug-likeness (QED) is 0.737. The maximum Gasteiger partial charge on any atom is 0.202 e. The number of ketones is 1. The van der Waals surface area contributed by atoms with E-state index in [0.717, 1.165) is 16.9 Å². The molecule has 1 aromatic carbocycles. The highest BCUT2D eigenvalue weighted by Gasteiger charge is 2.11. The van der Waals surface area contributed by atoms with Gasteiger partial charge in [-0.25, -0.2) is 0 Å². The summed E-state index contributed by atoms with van der Waals surface area (Å²) in [6.07, 6.45) is 1.04. The lowest BCUT2D eigenvalue weighted by molar-refractivity contribution is 0.104. The summed E-state index contributed by atoms with van der Waals surface area (Å²) in [4.78, 5) is 13.0. The molecule has 0 aliphatic rings. The Balaban J connectivity index is 2.18. The molecule has 0 unspecified atom stereocenters. The van der Waals surface area contributed by atoms with E-state index in [1.165, 1.54) is 5.56 Å². The van der Waals surface area contributed by atoms with Gasteiger partial charge in [-0.1, -0.05) is 44.2 Å². The van der Waals surface area contributed by atoms with Crippen LogP contribution in [0.5, 0.6) is 0 Å². The lowest BCUT2D eigenvalue weighted by atomic mass is 10.0. The molecule has 2 aromatic rings. The molecule has 2 rings (SSSR count). The van der Waals surface area contributed by atoms with Crippen LogP contribution in [0, 0.1) is 5.92 Å². The molecule has 1 heterocycles. The van der Waals surface area contributed by atoms with E-state index < -0.39 is 0 Å². The molecule has 0 spiro atoms. The number of benzene rings is 1.